The molecule has 0 radical (unpaired) electrons. The second-order valence-electron chi connectivity index (χ2n) is 4.85. The first-order chi connectivity index (χ1) is 9.81. The van der Waals surface area contributed by atoms with Crippen LogP contribution in [-0.4, -0.2) is 16.5 Å². The monoisotopic (exact) mass is 271 g/mol. The summed E-state index contributed by atoms with van der Waals surface area (Å²) in [6.07, 6.45) is 9.99. The molecule has 0 saturated heterocycles. The van der Waals surface area contributed by atoms with Gasteiger partial charge in [0.05, 0.1) is 0 Å². The molecule has 0 spiro atoms. The fourth-order valence-corrected chi connectivity index (χ4v) is 2.10. The maximum Gasteiger partial charge on any atom is 0.271 e. The van der Waals surface area contributed by atoms with Crippen LogP contribution >= 0.6 is 0 Å². The van der Waals surface area contributed by atoms with Crippen LogP contribution in [0.2, 0.25) is 0 Å². The van der Waals surface area contributed by atoms with Crippen LogP contribution in [0.5, 0.6) is 0 Å². The van der Waals surface area contributed by atoms with Crippen LogP contribution in [0, 0.1) is 0 Å². The van der Waals surface area contributed by atoms with Gasteiger partial charge in [0.25, 0.3) is 5.56 Å². The second-order valence-corrected chi connectivity index (χ2v) is 4.85. The molecule has 2 heterocycles. The van der Waals surface area contributed by atoms with Crippen molar-refractivity contribution in [2.45, 2.75) is 32.6 Å². The summed E-state index contributed by atoms with van der Waals surface area (Å²) in [5, 5.41) is 3.22. The zero-order valence-corrected chi connectivity index (χ0v) is 11.9. The van der Waals surface area contributed by atoms with Gasteiger partial charge in [0.1, 0.15) is 5.69 Å². The normalized spacial score (nSPS) is 10.4. The van der Waals surface area contributed by atoms with Gasteiger partial charge in [-0.3, -0.25) is 9.78 Å². The minimum absolute atomic E-state index is 0.0710. The number of hydrogen-bond donors (Lipinski definition) is 2. The van der Waals surface area contributed by atoms with Crippen LogP contribution in [-0.2, 0) is 0 Å². The minimum atomic E-state index is -0.0710. The van der Waals surface area contributed by atoms with E-state index in [-0.39, 0.29) is 5.56 Å². The van der Waals surface area contributed by atoms with Crippen molar-refractivity contribution >= 4 is 5.69 Å². The van der Waals surface area contributed by atoms with Gasteiger partial charge >= 0.3 is 0 Å². The number of nitrogens with zero attached hydrogens (tertiary/aromatic N) is 1. The Labute approximate surface area is 119 Å². The van der Waals surface area contributed by atoms with Gasteiger partial charge in [0.15, 0.2) is 0 Å². The molecule has 0 fully saturated rings. The maximum absolute atomic E-state index is 11.8. The van der Waals surface area contributed by atoms with Gasteiger partial charge in [0.2, 0.25) is 0 Å². The number of anilines is 1. The highest BCUT2D eigenvalue weighted by molar-refractivity contribution is 5.65. The summed E-state index contributed by atoms with van der Waals surface area (Å²) >= 11 is 0. The number of aromatic nitrogens is 2. The fraction of sp³-hybridized carbons (Fsp3) is 0.375. The van der Waals surface area contributed by atoms with Gasteiger partial charge in [0, 0.05) is 30.7 Å². The predicted octanol–water partition coefficient (Wildman–Crippen LogP) is 3.43. The van der Waals surface area contributed by atoms with E-state index in [0.717, 1.165) is 24.1 Å². The molecular weight excluding hydrogens is 250 g/mol. The van der Waals surface area contributed by atoms with E-state index in [4.69, 9.17) is 0 Å². The van der Waals surface area contributed by atoms with Gasteiger partial charge in [-0.1, -0.05) is 26.2 Å². The molecule has 0 aromatic carbocycles. The van der Waals surface area contributed by atoms with Crippen LogP contribution < -0.4 is 10.9 Å². The number of unbranched alkanes of at least 4 members (excludes halogenated alkanes) is 3. The molecule has 2 aromatic heterocycles. The Bertz CT molecular complexity index is 578. The highest BCUT2D eigenvalue weighted by atomic mass is 16.1. The summed E-state index contributed by atoms with van der Waals surface area (Å²) in [6, 6.07) is 5.76. The van der Waals surface area contributed by atoms with Crippen molar-refractivity contribution in [2.24, 2.45) is 0 Å². The topological polar surface area (TPSA) is 57.8 Å². The van der Waals surface area contributed by atoms with Crippen LogP contribution in [0.15, 0.2) is 41.6 Å². The molecule has 0 aliphatic carbocycles. The molecule has 2 N–H and O–H groups in total. The van der Waals surface area contributed by atoms with Crippen molar-refractivity contribution in [3.63, 3.8) is 0 Å². The lowest BCUT2D eigenvalue weighted by Crippen LogP contribution is -2.14. The summed E-state index contributed by atoms with van der Waals surface area (Å²) in [7, 11) is 0. The molecule has 106 valence electrons. The molecule has 0 saturated carbocycles. The van der Waals surface area contributed by atoms with E-state index in [1.54, 1.807) is 18.6 Å². The molecule has 2 aromatic rings. The molecule has 0 amide bonds. The largest absolute Gasteiger partial charge is 0.381 e. The van der Waals surface area contributed by atoms with Crippen molar-refractivity contribution in [2.75, 3.05) is 11.9 Å². The highest BCUT2D eigenvalue weighted by Gasteiger charge is 2.03. The third-order valence-corrected chi connectivity index (χ3v) is 3.26. The van der Waals surface area contributed by atoms with Crippen molar-refractivity contribution in [3.05, 3.63) is 47.1 Å². The molecule has 0 atom stereocenters. The van der Waals surface area contributed by atoms with Crippen molar-refractivity contribution in [3.8, 4) is 11.1 Å². The van der Waals surface area contributed by atoms with Crippen molar-refractivity contribution < 1.29 is 0 Å². The lowest BCUT2D eigenvalue weighted by Gasteiger charge is -2.07. The Hall–Kier alpha value is -2.10. The van der Waals surface area contributed by atoms with Crippen molar-refractivity contribution in [1.29, 1.82) is 0 Å². The summed E-state index contributed by atoms with van der Waals surface area (Å²) in [6.45, 7) is 3.03. The average molecular weight is 271 g/mol. The number of H-pyrrole nitrogens is 1. The first kappa shape index (κ1) is 14.3. The van der Waals surface area contributed by atoms with E-state index in [1.165, 1.54) is 19.3 Å². The molecule has 0 aliphatic heterocycles. The number of aromatic amines is 1. The maximum atomic E-state index is 11.8. The minimum Gasteiger partial charge on any atom is -0.381 e. The van der Waals surface area contributed by atoms with Gasteiger partial charge in [-0.05, 0) is 30.2 Å². The van der Waals surface area contributed by atoms with Crippen LogP contribution in [0.4, 0.5) is 5.69 Å². The molecule has 0 bridgehead atoms. The van der Waals surface area contributed by atoms with Gasteiger partial charge in [-0.2, -0.15) is 0 Å². The molecule has 0 aliphatic rings. The second kappa shape index (κ2) is 7.48. The number of nitrogens with one attached hydrogen (secondary N) is 2. The zero-order valence-electron chi connectivity index (χ0n) is 11.9. The Balaban J connectivity index is 2.04. The van der Waals surface area contributed by atoms with E-state index in [9.17, 15) is 4.79 Å². The van der Waals surface area contributed by atoms with Gasteiger partial charge in [-0.15, -0.1) is 0 Å². The third kappa shape index (κ3) is 3.95. The quantitative estimate of drug-likeness (QED) is 0.758. The lowest BCUT2D eigenvalue weighted by molar-refractivity contribution is 0.685. The Morgan fingerprint density at radius 2 is 1.95 bits per heavy atom. The van der Waals surface area contributed by atoms with Crippen molar-refractivity contribution in [1.82, 2.24) is 9.97 Å². The summed E-state index contributed by atoms with van der Waals surface area (Å²) in [4.78, 5) is 18.6. The van der Waals surface area contributed by atoms with E-state index in [0.29, 0.717) is 5.69 Å². The Morgan fingerprint density at radius 1 is 1.15 bits per heavy atom. The van der Waals surface area contributed by atoms with Crippen LogP contribution in [0.25, 0.3) is 11.1 Å². The smallest absolute Gasteiger partial charge is 0.271 e. The number of pyridine rings is 2. The van der Waals surface area contributed by atoms with E-state index in [1.807, 2.05) is 18.2 Å². The van der Waals surface area contributed by atoms with Gasteiger partial charge in [-0.25, -0.2) is 0 Å². The lowest BCUT2D eigenvalue weighted by atomic mass is 10.1. The van der Waals surface area contributed by atoms with E-state index in [2.05, 4.69) is 22.2 Å². The molecule has 0 unspecified atom stereocenters. The standard InChI is InChI=1S/C16H21N3O/c1-2-3-4-5-8-18-15-11-14(12-19-16(15)20)13-6-9-17-10-7-13/h6-7,9-12,18H,2-5,8H2,1H3,(H,19,20). The Kier molecular flexibility index (Phi) is 5.35. The first-order valence-corrected chi connectivity index (χ1v) is 7.18. The molecular formula is C16H21N3O. The number of rotatable bonds is 7. The Morgan fingerprint density at radius 3 is 2.70 bits per heavy atom. The number of hydrogen-bond acceptors (Lipinski definition) is 3. The van der Waals surface area contributed by atoms with Crippen LogP contribution in [0.3, 0.4) is 0 Å². The molecule has 20 heavy (non-hydrogen) atoms. The zero-order chi connectivity index (χ0) is 14.2. The third-order valence-electron chi connectivity index (χ3n) is 3.26. The highest BCUT2D eigenvalue weighted by Crippen LogP contribution is 2.18. The summed E-state index contributed by atoms with van der Waals surface area (Å²) in [5.74, 6) is 0. The SMILES string of the molecule is CCCCCCNc1cc(-c2ccncc2)c[nH]c1=O. The first-order valence-electron chi connectivity index (χ1n) is 7.18. The summed E-state index contributed by atoms with van der Waals surface area (Å²) < 4.78 is 0. The van der Waals surface area contributed by atoms with Gasteiger partial charge < -0.3 is 10.3 Å². The fourth-order valence-electron chi connectivity index (χ4n) is 2.10. The average Bonchev–Trinajstić information content (AvgIpc) is 2.49. The van der Waals surface area contributed by atoms with E-state index >= 15 is 0 Å². The molecule has 4 heteroatoms. The van der Waals surface area contributed by atoms with E-state index < -0.39 is 0 Å². The molecule has 2 rings (SSSR count). The van der Waals surface area contributed by atoms with Crippen LogP contribution in [0.1, 0.15) is 32.6 Å². The predicted molar refractivity (Wildman–Crippen MR) is 82.9 cm³/mol. The molecule has 4 nitrogen and oxygen atoms in total. The summed E-state index contributed by atoms with van der Waals surface area (Å²) in [5.41, 5.74) is 2.60.